The molecule has 0 saturated carbocycles. The Bertz CT molecular complexity index is 464. The van der Waals surface area contributed by atoms with E-state index in [-0.39, 0.29) is 15.1 Å². The minimum atomic E-state index is -2.71. The van der Waals surface area contributed by atoms with Gasteiger partial charge in [-0.15, -0.1) is 0 Å². The van der Waals surface area contributed by atoms with Gasteiger partial charge in [0.2, 0.25) is 9.76 Å². The van der Waals surface area contributed by atoms with Gasteiger partial charge in [-0.05, 0) is 21.2 Å². The highest BCUT2D eigenvalue weighted by Crippen LogP contribution is 2.62. The van der Waals surface area contributed by atoms with Gasteiger partial charge in [-0.2, -0.15) is 0 Å². The maximum Gasteiger partial charge on any atom is 0.439 e. The van der Waals surface area contributed by atoms with Gasteiger partial charge < -0.3 is 8.85 Å². The van der Waals surface area contributed by atoms with Crippen molar-refractivity contribution in [2.75, 3.05) is 0 Å². The number of amides is 2. The van der Waals surface area contributed by atoms with Gasteiger partial charge in [-0.25, -0.2) is 9.59 Å². The van der Waals surface area contributed by atoms with Crippen LogP contribution in [-0.2, 0) is 8.85 Å². The fraction of sp³-hybridized carbons (Fsp3) is 0.882. The van der Waals surface area contributed by atoms with Gasteiger partial charge in [0.1, 0.15) is 0 Å². The molecule has 0 bridgehead atoms. The number of azo groups is 1. The SMILES string of the molecule is CCC[SiH2]OC(=O)N=NC(=O)O[Si](C(C)(C)C)(C(C)(C)C)C(C)(C)C. The van der Waals surface area contributed by atoms with Crippen LogP contribution in [0.4, 0.5) is 9.59 Å². The van der Waals surface area contributed by atoms with E-state index in [2.05, 4.69) is 72.5 Å². The van der Waals surface area contributed by atoms with Crippen molar-refractivity contribution in [2.24, 2.45) is 10.2 Å². The summed E-state index contributed by atoms with van der Waals surface area (Å²) in [7, 11) is -3.64. The highest BCUT2D eigenvalue weighted by molar-refractivity contribution is 6.83. The number of carbonyl (C=O) groups excluding carboxylic acids is 2. The molecule has 2 amide bonds. The van der Waals surface area contributed by atoms with E-state index in [1.165, 1.54) is 0 Å². The van der Waals surface area contributed by atoms with Crippen molar-refractivity contribution in [1.29, 1.82) is 0 Å². The zero-order chi connectivity index (χ0) is 20.1. The number of hydrogen-bond donors (Lipinski definition) is 0. The second-order valence-electron chi connectivity index (χ2n) is 9.47. The fourth-order valence-electron chi connectivity index (χ4n) is 4.40. The Balaban J connectivity index is 5.49. The van der Waals surface area contributed by atoms with Crippen LogP contribution in [0, 0.1) is 0 Å². The average Bonchev–Trinajstić information content (AvgIpc) is 2.38. The largest absolute Gasteiger partial charge is 0.507 e. The Labute approximate surface area is 156 Å². The third-order valence-corrected chi connectivity index (χ3v) is 12.6. The van der Waals surface area contributed by atoms with Crippen LogP contribution in [0.2, 0.25) is 21.2 Å². The minimum Gasteiger partial charge on any atom is -0.507 e. The molecule has 6 nitrogen and oxygen atoms in total. The van der Waals surface area contributed by atoms with E-state index in [1.54, 1.807) is 0 Å². The summed E-state index contributed by atoms with van der Waals surface area (Å²) in [5.41, 5.74) is 0. The first-order chi connectivity index (χ1) is 11.1. The molecule has 0 spiro atoms. The van der Waals surface area contributed by atoms with E-state index in [0.717, 1.165) is 12.5 Å². The van der Waals surface area contributed by atoms with Crippen molar-refractivity contribution in [3.63, 3.8) is 0 Å². The normalized spacial score (nSPS) is 14.3. The fourth-order valence-corrected chi connectivity index (χ4v) is 13.0. The Morgan fingerprint density at radius 1 is 0.840 bits per heavy atom. The molecule has 0 aromatic heterocycles. The van der Waals surface area contributed by atoms with Crippen molar-refractivity contribution in [3.05, 3.63) is 0 Å². The summed E-state index contributed by atoms with van der Waals surface area (Å²) in [6, 6.07) is 0.889. The molecule has 0 unspecified atom stereocenters. The molecule has 0 N–H and O–H groups in total. The van der Waals surface area contributed by atoms with Crippen molar-refractivity contribution >= 4 is 30.3 Å². The molecule has 0 rings (SSSR count). The molecule has 0 radical (unpaired) electrons. The van der Waals surface area contributed by atoms with E-state index >= 15 is 0 Å². The predicted molar refractivity (Wildman–Crippen MR) is 106 cm³/mol. The van der Waals surface area contributed by atoms with Gasteiger partial charge in [-0.3, -0.25) is 0 Å². The van der Waals surface area contributed by atoms with Gasteiger partial charge in [0.05, 0.1) is 0 Å². The summed E-state index contributed by atoms with van der Waals surface area (Å²) < 4.78 is 11.1. The highest BCUT2D eigenvalue weighted by atomic mass is 28.4. The standard InChI is InChI=1S/C17H36N2O4Si2/c1-11-12-24-22-13(20)18-19-14(21)23-25(15(2,3)4,16(5,6)7)17(8,9)10/h11-12,24H2,1-10H3. The summed E-state index contributed by atoms with van der Waals surface area (Å²) in [5, 5.41) is 6.19. The van der Waals surface area contributed by atoms with E-state index in [4.69, 9.17) is 8.85 Å². The summed E-state index contributed by atoms with van der Waals surface area (Å²) in [6.45, 7) is 20.9. The van der Waals surface area contributed by atoms with Crippen molar-refractivity contribution < 1.29 is 18.4 Å². The number of rotatable bonds is 4. The first-order valence-corrected chi connectivity index (χ1v) is 12.4. The number of carbonyl (C=O) groups is 2. The van der Waals surface area contributed by atoms with Crippen LogP contribution < -0.4 is 0 Å². The lowest BCUT2D eigenvalue weighted by Gasteiger charge is -2.56. The van der Waals surface area contributed by atoms with Gasteiger partial charge in [0.15, 0.2) is 0 Å². The molecule has 25 heavy (non-hydrogen) atoms. The Morgan fingerprint density at radius 3 is 1.60 bits per heavy atom. The van der Waals surface area contributed by atoms with Crippen molar-refractivity contribution in [3.8, 4) is 0 Å². The van der Waals surface area contributed by atoms with Crippen LogP contribution in [0.25, 0.3) is 0 Å². The summed E-state index contributed by atoms with van der Waals surface area (Å²) in [4.78, 5) is 23.9. The molecule has 0 fully saturated rings. The Kier molecular flexibility index (Phi) is 8.22. The number of nitrogens with zero attached hydrogens (tertiary/aromatic N) is 2. The molecule has 0 aliphatic carbocycles. The van der Waals surface area contributed by atoms with E-state index in [0.29, 0.717) is 0 Å². The molecular formula is C17H36N2O4Si2. The predicted octanol–water partition coefficient (Wildman–Crippen LogP) is 5.97. The molecule has 0 atom stereocenters. The smallest absolute Gasteiger partial charge is 0.439 e. The second kappa shape index (κ2) is 8.57. The molecule has 0 aliphatic rings. The maximum absolute atomic E-state index is 12.4. The minimum absolute atomic E-state index is 0.219. The third kappa shape index (κ3) is 6.02. The van der Waals surface area contributed by atoms with Gasteiger partial charge in [-0.1, -0.05) is 85.9 Å². The van der Waals surface area contributed by atoms with Crippen LogP contribution in [0.5, 0.6) is 0 Å². The van der Waals surface area contributed by atoms with E-state index in [1.807, 2.05) is 6.92 Å². The number of hydrogen-bond acceptors (Lipinski definition) is 4. The Hall–Kier alpha value is -1.03. The maximum atomic E-state index is 12.4. The van der Waals surface area contributed by atoms with Crippen molar-refractivity contribution in [1.82, 2.24) is 0 Å². The average molecular weight is 389 g/mol. The van der Waals surface area contributed by atoms with Crippen LogP contribution >= 0.6 is 0 Å². The summed E-state index contributed by atoms with van der Waals surface area (Å²) in [5.74, 6) is 0. The lowest BCUT2D eigenvalue weighted by atomic mass is 10.2. The lowest BCUT2D eigenvalue weighted by Crippen LogP contribution is -2.61. The van der Waals surface area contributed by atoms with E-state index < -0.39 is 30.3 Å². The Morgan fingerprint density at radius 2 is 1.24 bits per heavy atom. The zero-order valence-corrected chi connectivity index (χ0v) is 20.1. The first kappa shape index (κ1) is 24.0. The molecule has 8 heteroatoms. The van der Waals surface area contributed by atoms with Crippen LogP contribution in [0.15, 0.2) is 10.2 Å². The second-order valence-corrected chi connectivity index (χ2v) is 16.9. The quantitative estimate of drug-likeness (QED) is 0.337. The van der Waals surface area contributed by atoms with Crippen molar-refractivity contribution in [2.45, 2.75) is 96.8 Å². The van der Waals surface area contributed by atoms with Gasteiger partial charge >= 0.3 is 12.2 Å². The van der Waals surface area contributed by atoms with Crippen LogP contribution in [0.3, 0.4) is 0 Å². The summed E-state index contributed by atoms with van der Waals surface area (Å²) in [6.07, 6.45) is -0.637. The molecule has 0 saturated heterocycles. The zero-order valence-electron chi connectivity index (χ0n) is 17.6. The molecule has 146 valence electrons. The molecular weight excluding hydrogens is 352 g/mol. The van der Waals surface area contributed by atoms with Gasteiger partial charge in [0.25, 0.3) is 8.32 Å². The van der Waals surface area contributed by atoms with E-state index in [9.17, 15) is 9.59 Å². The lowest BCUT2D eigenvalue weighted by molar-refractivity contribution is 0.190. The van der Waals surface area contributed by atoms with Crippen LogP contribution in [0.1, 0.15) is 75.7 Å². The molecule has 0 heterocycles. The summed E-state index contributed by atoms with van der Waals surface area (Å²) >= 11 is 0. The third-order valence-electron chi connectivity index (χ3n) is 4.35. The molecule has 0 aliphatic heterocycles. The molecule has 0 aromatic rings. The van der Waals surface area contributed by atoms with Crippen LogP contribution in [-0.4, -0.2) is 30.3 Å². The first-order valence-electron chi connectivity index (χ1n) is 8.91. The highest BCUT2D eigenvalue weighted by Gasteiger charge is 2.64. The topological polar surface area (TPSA) is 77.3 Å². The molecule has 0 aromatic carbocycles. The van der Waals surface area contributed by atoms with Gasteiger partial charge in [0, 0.05) is 0 Å². The monoisotopic (exact) mass is 388 g/mol.